The summed E-state index contributed by atoms with van der Waals surface area (Å²) < 4.78 is 0. The van der Waals surface area contributed by atoms with Gasteiger partial charge in [-0.15, -0.1) is 0 Å². The van der Waals surface area contributed by atoms with E-state index in [-0.39, 0.29) is 5.91 Å². The standard InChI is InChI=1S/C14H12N4O/c15-13-6-5-9(7-17-13)18-14(19)11-8-16-12-4-2-1-3-10(11)12/h1-8,16H,(H2,15,17)(H,18,19). The molecule has 0 spiro atoms. The highest BCUT2D eigenvalue weighted by Crippen LogP contribution is 2.19. The molecule has 3 aromatic rings. The second-order valence-corrected chi connectivity index (χ2v) is 4.17. The molecule has 0 aliphatic heterocycles. The number of benzene rings is 1. The zero-order chi connectivity index (χ0) is 13.2. The monoisotopic (exact) mass is 252 g/mol. The van der Waals surface area contributed by atoms with Crippen LogP contribution >= 0.6 is 0 Å². The molecule has 1 amide bonds. The van der Waals surface area contributed by atoms with E-state index < -0.39 is 0 Å². The Morgan fingerprint density at radius 1 is 1.21 bits per heavy atom. The maximum Gasteiger partial charge on any atom is 0.257 e. The Labute approximate surface area is 109 Å². The van der Waals surface area contributed by atoms with Crippen molar-refractivity contribution in [1.29, 1.82) is 0 Å². The third kappa shape index (κ3) is 2.13. The molecule has 2 heterocycles. The van der Waals surface area contributed by atoms with E-state index in [0.29, 0.717) is 17.1 Å². The maximum absolute atomic E-state index is 12.2. The topological polar surface area (TPSA) is 83.8 Å². The molecule has 0 bridgehead atoms. The van der Waals surface area contributed by atoms with Crippen molar-refractivity contribution in [1.82, 2.24) is 9.97 Å². The molecule has 4 N–H and O–H groups in total. The van der Waals surface area contributed by atoms with Gasteiger partial charge in [0.05, 0.1) is 17.4 Å². The zero-order valence-electron chi connectivity index (χ0n) is 10.1. The van der Waals surface area contributed by atoms with Gasteiger partial charge < -0.3 is 16.0 Å². The van der Waals surface area contributed by atoms with E-state index in [9.17, 15) is 4.79 Å². The summed E-state index contributed by atoms with van der Waals surface area (Å²) in [5.41, 5.74) is 7.65. The first-order valence-electron chi connectivity index (χ1n) is 5.83. The minimum absolute atomic E-state index is 0.177. The van der Waals surface area contributed by atoms with Crippen LogP contribution in [0.1, 0.15) is 10.4 Å². The van der Waals surface area contributed by atoms with Crippen molar-refractivity contribution in [3.63, 3.8) is 0 Å². The van der Waals surface area contributed by atoms with Crippen molar-refractivity contribution in [2.24, 2.45) is 0 Å². The molecule has 5 nitrogen and oxygen atoms in total. The quantitative estimate of drug-likeness (QED) is 0.654. The number of hydrogen-bond acceptors (Lipinski definition) is 3. The predicted molar refractivity (Wildman–Crippen MR) is 74.9 cm³/mol. The molecule has 0 atom stereocenters. The van der Waals surface area contributed by atoms with Crippen LogP contribution in [0.2, 0.25) is 0 Å². The fourth-order valence-electron chi connectivity index (χ4n) is 1.94. The summed E-state index contributed by atoms with van der Waals surface area (Å²) in [6.07, 6.45) is 3.23. The molecule has 1 aromatic carbocycles. The molecule has 0 saturated heterocycles. The van der Waals surface area contributed by atoms with E-state index in [0.717, 1.165) is 10.9 Å². The van der Waals surface area contributed by atoms with Gasteiger partial charge in [-0.05, 0) is 18.2 Å². The van der Waals surface area contributed by atoms with Crippen LogP contribution in [0.15, 0.2) is 48.8 Å². The van der Waals surface area contributed by atoms with Gasteiger partial charge in [0, 0.05) is 17.1 Å². The smallest absolute Gasteiger partial charge is 0.257 e. The van der Waals surface area contributed by atoms with Crippen molar-refractivity contribution >= 4 is 28.3 Å². The fraction of sp³-hybridized carbons (Fsp3) is 0. The number of aromatic nitrogens is 2. The lowest BCUT2D eigenvalue weighted by Gasteiger charge is -2.04. The molecule has 94 valence electrons. The lowest BCUT2D eigenvalue weighted by atomic mass is 10.1. The average Bonchev–Trinajstić information content (AvgIpc) is 2.85. The summed E-state index contributed by atoms with van der Waals surface area (Å²) >= 11 is 0. The molecule has 5 heteroatoms. The summed E-state index contributed by atoms with van der Waals surface area (Å²) in [5.74, 6) is 0.245. The molecule has 0 saturated carbocycles. The van der Waals surface area contributed by atoms with E-state index in [1.807, 2.05) is 24.3 Å². The van der Waals surface area contributed by atoms with Crippen LogP contribution < -0.4 is 11.1 Å². The maximum atomic E-state index is 12.2. The van der Waals surface area contributed by atoms with E-state index in [2.05, 4.69) is 15.3 Å². The number of pyridine rings is 1. The molecule has 3 rings (SSSR count). The third-order valence-electron chi connectivity index (χ3n) is 2.88. The average molecular weight is 252 g/mol. The van der Waals surface area contributed by atoms with Crippen molar-refractivity contribution in [2.45, 2.75) is 0 Å². The number of rotatable bonds is 2. The van der Waals surface area contributed by atoms with Gasteiger partial charge >= 0.3 is 0 Å². The van der Waals surface area contributed by atoms with Crippen molar-refractivity contribution in [2.75, 3.05) is 11.1 Å². The number of carbonyl (C=O) groups excluding carboxylic acids is 1. The fourth-order valence-corrected chi connectivity index (χ4v) is 1.94. The van der Waals surface area contributed by atoms with E-state index in [1.54, 1.807) is 18.3 Å². The third-order valence-corrected chi connectivity index (χ3v) is 2.88. The molecular formula is C14H12N4O. The lowest BCUT2D eigenvalue weighted by Crippen LogP contribution is -2.11. The van der Waals surface area contributed by atoms with Gasteiger partial charge in [-0.1, -0.05) is 18.2 Å². The van der Waals surface area contributed by atoms with Crippen LogP contribution in [0.3, 0.4) is 0 Å². The number of nitrogen functional groups attached to an aromatic ring is 1. The lowest BCUT2D eigenvalue weighted by molar-refractivity contribution is 0.102. The first kappa shape index (κ1) is 11.3. The Bertz CT molecular complexity index is 731. The minimum Gasteiger partial charge on any atom is -0.384 e. The van der Waals surface area contributed by atoms with Crippen molar-refractivity contribution < 1.29 is 4.79 Å². The zero-order valence-corrected chi connectivity index (χ0v) is 10.1. The van der Waals surface area contributed by atoms with Crippen LogP contribution in [0.25, 0.3) is 10.9 Å². The number of nitrogens with zero attached hydrogens (tertiary/aromatic N) is 1. The van der Waals surface area contributed by atoms with Crippen LogP contribution in [-0.4, -0.2) is 15.9 Å². The minimum atomic E-state index is -0.177. The van der Waals surface area contributed by atoms with Crippen molar-refractivity contribution in [3.05, 3.63) is 54.4 Å². The van der Waals surface area contributed by atoms with Gasteiger partial charge in [-0.25, -0.2) is 4.98 Å². The SMILES string of the molecule is Nc1ccc(NC(=O)c2c[nH]c3ccccc23)cn1. The summed E-state index contributed by atoms with van der Waals surface area (Å²) in [6.45, 7) is 0. The number of aromatic amines is 1. The van der Waals surface area contributed by atoms with Crippen LogP contribution in [-0.2, 0) is 0 Å². The second-order valence-electron chi connectivity index (χ2n) is 4.17. The summed E-state index contributed by atoms with van der Waals surface area (Å²) in [7, 11) is 0. The highest BCUT2D eigenvalue weighted by Gasteiger charge is 2.11. The van der Waals surface area contributed by atoms with Gasteiger partial charge in [-0.3, -0.25) is 4.79 Å². The Morgan fingerprint density at radius 3 is 2.84 bits per heavy atom. The van der Waals surface area contributed by atoms with E-state index in [1.165, 1.54) is 6.20 Å². The number of H-pyrrole nitrogens is 1. The number of hydrogen-bond donors (Lipinski definition) is 3. The Hall–Kier alpha value is -2.82. The summed E-state index contributed by atoms with van der Waals surface area (Å²) in [5, 5.41) is 3.68. The molecule has 19 heavy (non-hydrogen) atoms. The largest absolute Gasteiger partial charge is 0.384 e. The Morgan fingerprint density at radius 2 is 2.05 bits per heavy atom. The molecule has 2 aromatic heterocycles. The Balaban J connectivity index is 1.90. The second kappa shape index (κ2) is 4.45. The van der Waals surface area contributed by atoms with Gasteiger partial charge in [0.1, 0.15) is 5.82 Å². The number of carbonyl (C=O) groups is 1. The first-order chi connectivity index (χ1) is 9.24. The van der Waals surface area contributed by atoms with Gasteiger partial charge in [-0.2, -0.15) is 0 Å². The molecular weight excluding hydrogens is 240 g/mol. The van der Waals surface area contributed by atoms with Crippen LogP contribution in [0.4, 0.5) is 11.5 Å². The van der Waals surface area contributed by atoms with Gasteiger partial charge in [0.25, 0.3) is 5.91 Å². The van der Waals surface area contributed by atoms with Gasteiger partial charge in [0.2, 0.25) is 0 Å². The number of nitrogens with one attached hydrogen (secondary N) is 2. The number of anilines is 2. The molecule has 0 radical (unpaired) electrons. The van der Waals surface area contributed by atoms with E-state index >= 15 is 0 Å². The van der Waals surface area contributed by atoms with Gasteiger partial charge in [0.15, 0.2) is 0 Å². The van der Waals surface area contributed by atoms with E-state index in [4.69, 9.17) is 5.73 Å². The van der Waals surface area contributed by atoms with Crippen LogP contribution in [0.5, 0.6) is 0 Å². The number of amides is 1. The number of nitrogens with two attached hydrogens (primary N) is 1. The van der Waals surface area contributed by atoms with Crippen LogP contribution in [0, 0.1) is 0 Å². The van der Waals surface area contributed by atoms with Crippen molar-refractivity contribution in [3.8, 4) is 0 Å². The normalized spacial score (nSPS) is 10.5. The first-order valence-corrected chi connectivity index (χ1v) is 5.83. The summed E-state index contributed by atoms with van der Waals surface area (Å²) in [4.78, 5) is 19.2. The number of fused-ring (bicyclic) bond motifs is 1. The predicted octanol–water partition coefficient (Wildman–Crippen LogP) is 2.40. The molecule has 0 fully saturated rings. The molecule has 0 aliphatic rings. The summed E-state index contributed by atoms with van der Waals surface area (Å²) in [6, 6.07) is 11.0. The highest BCUT2D eigenvalue weighted by atomic mass is 16.1. The highest BCUT2D eigenvalue weighted by molar-refractivity contribution is 6.12. The Kier molecular flexibility index (Phi) is 2.64. The number of para-hydroxylation sites is 1. The molecule has 0 unspecified atom stereocenters. The molecule has 0 aliphatic carbocycles.